The average Bonchev–Trinajstić information content (AvgIpc) is 2.07. The third-order valence-corrected chi connectivity index (χ3v) is 1.73. The van der Waals surface area contributed by atoms with Gasteiger partial charge in [-0.15, -0.1) is 0 Å². The molecule has 0 atom stereocenters. The van der Waals surface area contributed by atoms with Gasteiger partial charge in [-0.3, -0.25) is 4.79 Å². The zero-order valence-corrected chi connectivity index (χ0v) is 6.92. The lowest BCUT2D eigenvalue weighted by Crippen LogP contribution is -1.97. The van der Waals surface area contributed by atoms with Crippen LogP contribution < -0.4 is 0 Å². The Bertz CT molecular complexity index is 344. The first kappa shape index (κ1) is 9.85. The fourth-order valence-corrected chi connectivity index (χ4v) is 1.04. The zero-order chi connectivity index (χ0) is 10.0. The predicted molar refractivity (Wildman–Crippen MR) is 41.3 cm³/mol. The van der Waals surface area contributed by atoms with Crippen molar-refractivity contribution < 1.29 is 18.7 Å². The molecule has 0 aromatic carbocycles. The molecule has 0 saturated carbocycles. The molecule has 1 aromatic heterocycles. The van der Waals surface area contributed by atoms with Gasteiger partial charge in [-0.1, -0.05) is 11.6 Å². The van der Waals surface area contributed by atoms with Crippen LogP contribution in [0.15, 0.2) is 6.20 Å². The smallest absolute Gasteiger partial charge is 0.268 e. The summed E-state index contributed by atoms with van der Waals surface area (Å²) in [6.07, 6.45) is -2.05. The minimum Gasteiger partial charge on any atom is -0.506 e. The Morgan fingerprint density at radius 2 is 2.23 bits per heavy atom. The highest BCUT2D eigenvalue weighted by molar-refractivity contribution is 6.31. The molecule has 1 heterocycles. The van der Waals surface area contributed by atoms with Crippen LogP contribution in [0.2, 0.25) is 5.15 Å². The Morgan fingerprint density at radius 1 is 1.62 bits per heavy atom. The third kappa shape index (κ3) is 1.75. The average molecular weight is 208 g/mol. The maximum Gasteiger partial charge on any atom is 0.268 e. The highest BCUT2D eigenvalue weighted by atomic mass is 35.5. The van der Waals surface area contributed by atoms with Crippen LogP contribution in [0.1, 0.15) is 22.3 Å². The van der Waals surface area contributed by atoms with Crippen molar-refractivity contribution in [3.63, 3.8) is 0 Å². The first-order chi connectivity index (χ1) is 6.07. The number of hydrogen-bond acceptors (Lipinski definition) is 3. The van der Waals surface area contributed by atoms with Crippen LogP contribution in [0.5, 0.6) is 5.75 Å². The molecule has 1 aromatic rings. The minimum absolute atomic E-state index is 0.135. The monoisotopic (exact) mass is 207 g/mol. The van der Waals surface area contributed by atoms with E-state index in [2.05, 4.69) is 4.98 Å². The van der Waals surface area contributed by atoms with Gasteiger partial charge in [-0.05, 0) is 0 Å². The molecule has 13 heavy (non-hydrogen) atoms. The minimum atomic E-state index is -2.96. The number of hydrogen-bond donors (Lipinski definition) is 1. The van der Waals surface area contributed by atoms with E-state index in [0.29, 0.717) is 0 Å². The number of nitrogens with zero attached hydrogens (tertiary/aromatic N) is 1. The number of aromatic nitrogens is 1. The van der Waals surface area contributed by atoms with Crippen molar-refractivity contribution >= 4 is 17.9 Å². The molecule has 0 fully saturated rings. The van der Waals surface area contributed by atoms with Crippen LogP contribution in [0, 0.1) is 0 Å². The summed E-state index contributed by atoms with van der Waals surface area (Å²) in [6.45, 7) is 0. The van der Waals surface area contributed by atoms with E-state index in [1.165, 1.54) is 0 Å². The normalized spacial score (nSPS) is 10.5. The molecular weight excluding hydrogens is 204 g/mol. The van der Waals surface area contributed by atoms with Gasteiger partial charge in [0, 0.05) is 0 Å². The summed E-state index contributed by atoms with van der Waals surface area (Å²) in [5, 5.41) is 8.61. The van der Waals surface area contributed by atoms with Gasteiger partial charge in [0.2, 0.25) is 0 Å². The van der Waals surface area contributed by atoms with Gasteiger partial charge in [-0.25, -0.2) is 13.8 Å². The van der Waals surface area contributed by atoms with Gasteiger partial charge in [-0.2, -0.15) is 0 Å². The SMILES string of the molecule is O=Cc1c(Cl)ncc(O)c1C(F)F. The van der Waals surface area contributed by atoms with E-state index < -0.39 is 23.3 Å². The number of pyridine rings is 1. The first-order valence-corrected chi connectivity index (χ1v) is 3.56. The fraction of sp³-hybridized carbons (Fsp3) is 0.143. The maximum atomic E-state index is 12.3. The van der Waals surface area contributed by atoms with Crippen LogP contribution in [0.4, 0.5) is 8.78 Å². The molecule has 0 aliphatic heterocycles. The molecule has 0 aliphatic carbocycles. The van der Waals surface area contributed by atoms with Crippen LogP contribution in [0.3, 0.4) is 0 Å². The van der Waals surface area contributed by atoms with Crippen LogP contribution in [0.25, 0.3) is 0 Å². The molecule has 0 saturated heterocycles. The zero-order valence-electron chi connectivity index (χ0n) is 6.17. The van der Waals surface area contributed by atoms with Crippen molar-refractivity contribution in [2.24, 2.45) is 0 Å². The van der Waals surface area contributed by atoms with Crippen LogP contribution in [-0.4, -0.2) is 16.4 Å². The molecular formula is C7H4ClF2NO2. The number of halogens is 3. The van der Waals surface area contributed by atoms with E-state index in [1.54, 1.807) is 0 Å². The Balaban J connectivity index is 3.43. The summed E-state index contributed by atoms with van der Waals surface area (Å²) in [5.41, 5.74) is -1.26. The molecule has 0 radical (unpaired) electrons. The van der Waals surface area contributed by atoms with E-state index in [-0.39, 0.29) is 11.4 Å². The molecule has 0 aliphatic rings. The van der Waals surface area contributed by atoms with Gasteiger partial charge in [0.15, 0.2) is 6.29 Å². The summed E-state index contributed by atoms with van der Waals surface area (Å²) >= 11 is 5.36. The van der Waals surface area contributed by atoms with E-state index in [9.17, 15) is 13.6 Å². The molecule has 6 heteroatoms. The molecule has 0 amide bonds. The largest absolute Gasteiger partial charge is 0.506 e. The van der Waals surface area contributed by atoms with Crippen molar-refractivity contribution in [2.75, 3.05) is 0 Å². The second-order valence-electron chi connectivity index (χ2n) is 2.18. The summed E-state index contributed by atoms with van der Waals surface area (Å²) in [6, 6.07) is 0. The molecule has 1 rings (SSSR count). The molecule has 0 bridgehead atoms. The van der Waals surface area contributed by atoms with Crippen LogP contribution in [-0.2, 0) is 0 Å². The van der Waals surface area contributed by atoms with Crippen molar-refractivity contribution in [1.82, 2.24) is 4.98 Å². The number of carbonyl (C=O) groups excluding carboxylic acids is 1. The van der Waals surface area contributed by atoms with Crippen molar-refractivity contribution in [1.29, 1.82) is 0 Å². The number of aldehydes is 1. The highest BCUT2D eigenvalue weighted by Gasteiger charge is 2.20. The van der Waals surface area contributed by atoms with E-state index in [1.807, 2.05) is 0 Å². The van der Waals surface area contributed by atoms with Gasteiger partial charge in [0.25, 0.3) is 6.43 Å². The second-order valence-corrected chi connectivity index (χ2v) is 2.54. The third-order valence-electron chi connectivity index (χ3n) is 1.42. The summed E-state index contributed by atoms with van der Waals surface area (Å²) < 4.78 is 24.5. The summed E-state index contributed by atoms with van der Waals surface area (Å²) in [7, 11) is 0. The second kappa shape index (κ2) is 3.66. The van der Waals surface area contributed by atoms with E-state index >= 15 is 0 Å². The van der Waals surface area contributed by atoms with Gasteiger partial charge in [0.05, 0.1) is 17.3 Å². The highest BCUT2D eigenvalue weighted by Crippen LogP contribution is 2.32. The number of rotatable bonds is 2. The van der Waals surface area contributed by atoms with E-state index in [4.69, 9.17) is 16.7 Å². The van der Waals surface area contributed by atoms with Gasteiger partial charge in [0.1, 0.15) is 10.9 Å². The quantitative estimate of drug-likeness (QED) is 0.597. The number of aromatic hydroxyl groups is 1. The number of alkyl halides is 2. The first-order valence-electron chi connectivity index (χ1n) is 3.18. The predicted octanol–water partition coefficient (Wildman–Crippen LogP) is 2.19. The maximum absolute atomic E-state index is 12.3. The molecule has 70 valence electrons. The molecule has 0 spiro atoms. The fourth-order valence-electron chi connectivity index (χ4n) is 0.847. The Hall–Kier alpha value is -1.23. The Kier molecular flexibility index (Phi) is 2.77. The lowest BCUT2D eigenvalue weighted by molar-refractivity contribution is 0.110. The van der Waals surface area contributed by atoms with Gasteiger partial charge >= 0.3 is 0 Å². The Labute approximate surface area is 77.0 Å². The lowest BCUT2D eigenvalue weighted by Gasteiger charge is -2.06. The summed E-state index contributed by atoms with van der Waals surface area (Å²) in [4.78, 5) is 13.7. The summed E-state index contributed by atoms with van der Waals surface area (Å²) in [5.74, 6) is -0.735. The van der Waals surface area contributed by atoms with Crippen molar-refractivity contribution in [3.05, 3.63) is 22.5 Å². The standard InChI is InChI=1S/C7H4ClF2NO2/c8-6-3(2-12)5(7(9)10)4(13)1-11-6/h1-2,7,13H. The van der Waals surface area contributed by atoms with Crippen LogP contribution >= 0.6 is 11.6 Å². The van der Waals surface area contributed by atoms with Crippen molar-refractivity contribution in [3.8, 4) is 5.75 Å². The van der Waals surface area contributed by atoms with Crippen molar-refractivity contribution in [2.45, 2.75) is 6.43 Å². The Morgan fingerprint density at radius 3 is 2.62 bits per heavy atom. The lowest BCUT2D eigenvalue weighted by atomic mass is 10.1. The van der Waals surface area contributed by atoms with Gasteiger partial charge < -0.3 is 5.11 Å². The molecule has 1 N–H and O–H groups in total. The molecule has 3 nitrogen and oxygen atoms in total. The topological polar surface area (TPSA) is 50.2 Å². The molecule has 0 unspecified atom stereocenters. The van der Waals surface area contributed by atoms with E-state index in [0.717, 1.165) is 6.20 Å². The number of carbonyl (C=O) groups is 1.